The third kappa shape index (κ3) is 15.6. The van der Waals surface area contributed by atoms with Gasteiger partial charge in [-0.3, -0.25) is 4.99 Å². The van der Waals surface area contributed by atoms with Crippen molar-refractivity contribution in [3.8, 4) is 0 Å². The van der Waals surface area contributed by atoms with Gasteiger partial charge in [0, 0.05) is 6.54 Å². The number of carboxylic acid groups (broad SMARTS) is 1. The fraction of sp³-hybridized carbons (Fsp3) is 0.870. The molecule has 0 amide bonds. The molecule has 0 fully saturated rings. The maximum absolute atomic E-state index is 12.2. The predicted octanol–water partition coefficient (Wildman–Crippen LogP) is 3.85. The number of nitrogens with zero attached hydrogens (tertiary/aromatic N) is 1. The number of guanidine groups is 1. The number of carboxylic acids is 1. The van der Waals surface area contributed by atoms with Crippen LogP contribution in [0.5, 0.6) is 0 Å². The van der Waals surface area contributed by atoms with E-state index in [0.29, 0.717) is 6.42 Å². The summed E-state index contributed by atoms with van der Waals surface area (Å²) in [7, 11) is 0. The van der Waals surface area contributed by atoms with Crippen molar-refractivity contribution in [1.82, 2.24) is 0 Å². The molecule has 0 radical (unpaired) electrons. The van der Waals surface area contributed by atoms with Crippen LogP contribution >= 0.6 is 0 Å². The molecule has 0 saturated heterocycles. The second kappa shape index (κ2) is 18.9. The highest BCUT2D eigenvalue weighted by Crippen LogP contribution is 2.15. The summed E-state index contributed by atoms with van der Waals surface area (Å²) in [6.45, 7) is 2.65. The molecular weight excluding hydrogens is 396 g/mol. The number of nitrogens with two attached hydrogens (primary N) is 3. The molecule has 0 aromatic carbocycles. The van der Waals surface area contributed by atoms with E-state index in [-0.39, 0.29) is 32.0 Å². The molecule has 0 heterocycles. The number of hydrogen-bond acceptors (Lipinski definition) is 5. The first-order chi connectivity index (χ1) is 14.8. The Hall–Kier alpha value is -1.83. The normalized spacial score (nSPS) is 12.8. The lowest BCUT2D eigenvalue weighted by molar-refractivity contribution is -0.161. The molecule has 0 aliphatic carbocycles. The summed E-state index contributed by atoms with van der Waals surface area (Å²) in [5.74, 6) is -2.39. The Labute approximate surface area is 188 Å². The average Bonchev–Trinajstić information content (AvgIpc) is 2.73. The van der Waals surface area contributed by atoms with Gasteiger partial charge < -0.3 is 27.0 Å². The van der Waals surface area contributed by atoms with Gasteiger partial charge in [0.15, 0.2) is 5.96 Å². The summed E-state index contributed by atoms with van der Waals surface area (Å²) in [5, 5.41) is 9.33. The van der Waals surface area contributed by atoms with Crippen molar-refractivity contribution >= 4 is 17.9 Å². The highest BCUT2D eigenvalue weighted by Gasteiger charge is 2.43. The lowest BCUT2D eigenvalue weighted by atomic mass is 9.95. The lowest BCUT2D eigenvalue weighted by Crippen LogP contribution is -2.56. The van der Waals surface area contributed by atoms with Gasteiger partial charge in [0.2, 0.25) is 5.54 Å². The van der Waals surface area contributed by atoms with Crippen LogP contribution in [0.2, 0.25) is 0 Å². The Kier molecular flexibility index (Phi) is 17.8. The van der Waals surface area contributed by atoms with E-state index in [9.17, 15) is 14.7 Å². The van der Waals surface area contributed by atoms with Gasteiger partial charge in [0.1, 0.15) is 0 Å². The minimum Gasteiger partial charge on any atom is -0.479 e. The molecule has 1 atom stereocenters. The van der Waals surface area contributed by atoms with E-state index in [4.69, 9.17) is 21.9 Å². The zero-order chi connectivity index (χ0) is 23.4. The van der Waals surface area contributed by atoms with Gasteiger partial charge in [0.05, 0.1) is 6.61 Å². The van der Waals surface area contributed by atoms with Crippen molar-refractivity contribution in [3.05, 3.63) is 0 Å². The lowest BCUT2D eigenvalue weighted by Gasteiger charge is -2.22. The molecule has 0 aliphatic rings. The number of carbonyl (C=O) groups excluding carboxylic acids is 1. The molecule has 182 valence electrons. The molecule has 7 N–H and O–H groups in total. The first-order valence-electron chi connectivity index (χ1n) is 12.1. The SMILES string of the molecule is CCCCCCCCCCCCCCCCOC(=O)[C@](N)(CCCN=C(N)N)C(=O)O. The minimum atomic E-state index is -2.06. The van der Waals surface area contributed by atoms with E-state index in [1.54, 1.807) is 0 Å². The van der Waals surface area contributed by atoms with Crippen molar-refractivity contribution in [2.75, 3.05) is 13.2 Å². The maximum atomic E-state index is 12.2. The average molecular weight is 443 g/mol. The maximum Gasteiger partial charge on any atom is 0.337 e. The first kappa shape index (κ1) is 29.2. The number of ether oxygens (including phenoxy) is 1. The summed E-state index contributed by atoms with van der Waals surface area (Å²) < 4.78 is 5.12. The highest BCUT2D eigenvalue weighted by atomic mass is 16.5. The second-order valence-corrected chi connectivity index (χ2v) is 8.42. The molecular formula is C23H46N4O4. The van der Waals surface area contributed by atoms with Crippen LogP contribution in [0.15, 0.2) is 4.99 Å². The van der Waals surface area contributed by atoms with Crippen molar-refractivity contribution in [3.63, 3.8) is 0 Å². The molecule has 0 spiro atoms. The van der Waals surface area contributed by atoms with Crippen molar-refractivity contribution in [2.24, 2.45) is 22.2 Å². The first-order valence-corrected chi connectivity index (χ1v) is 12.1. The van der Waals surface area contributed by atoms with Gasteiger partial charge in [-0.25, -0.2) is 9.59 Å². The van der Waals surface area contributed by atoms with E-state index in [1.165, 1.54) is 70.6 Å². The van der Waals surface area contributed by atoms with E-state index >= 15 is 0 Å². The summed E-state index contributed by atoms with van der Waals surface area (Å²) in [5.41, 5.74) is 14.2. The zero-order valence-corrected chi connectivity index (χ0v) is 19.6. The van der Waals surface area contributed by atoms with Crippen LogP contribution in [0.1, 0.15) is 110 Å². The summed E-state index contributed by atoms with van der Waals surface area (Å²) >= 11 is 0. The molecule has 0 aromatic rings. The van der Waals surface area contributed by atoms with Gasteiger partial charge in [-0.15, -0.1) is 0 Å². The van der Waals surface area contributed by atoms with Crippen LogP contribution < -0.4 is 17.2 Å². The Morgan fingerprint density at radius 1 is 0.806 bits per heavy atom. The fourth-order valence-corrected chi connectivity index (χ4v) is 3.45. The standard InChI is InChI=1S/C23H46N4O4/c1-2-3-4-5-6-7-8-9-10-11-12-13-14-15-19-31-21(30)23(26,20(28)29)17-16-18-27-22(24)25/h2-19,26H2,1H3,(H,28,29)(H4,24,25,27)/t23-/m0/s1. The fourth-order valence-electron chi connectivity index (χ4n) is 3.45. The van der Waals surface area contributed by atoms with Gasteiger partial charge >= 0.3 is 11.9 Å². The van der Waals surface area contributed by atoms with E-state index < -0.39 is 17.5 Å². The Morgan fingerprint density at radius 2 is 1.26 bits per heavy atom. The number of rotatable bonds is 21. The Morgan fingerprint density at radius 3 is 1.68 bits per heavy atom. The molecule has 31 heavy (non-hydrogen) atoms. The van der Waals surface area contributed by atoms with Crippen LogP contribution in [0.4, 0.5) is 0 Å². The number of esters is 1. The molecule has 0 rings (SSSR count). The molecule has 0 bridgehead atoms. The zero-order valence-electron chi connectivity index (χ0n) is 19.6. The van der Waals surface area contributed by atoms with E-state index in [1.807, 2.05) is 0 Å². The van der Waals surface area contributed by atoms with Crippen LogP contribution in [0, 0.1) is 0 Å². The van der Waals surface area contributed by atoms with Crippen molar-refractivity contribution in [1.29, 1.82) is 0 Å². The molecule has 0 aliphatic heterocycles. The van der Waals surface area contributed by atoms with E-state index in [0.717, 1.165) is 12.8 Å². The third-order valence-electron chi connectivity index (χ3n) is 5.50. The van der Waals surface area contributed by atoms with Gasteiger partial charge in [0.25, 0.3) is 0 Å². The smallest absolute Gasteiger partial charge is 0.337 e. The van der Waals surface area contributed by atoms with Gasteiger partial charge in [-0.1, -0.05) is 90.4 Å². The second-order valence-electron chi connectivity index (χ2n) is 8.42. The molecule has 0 aromatic heterocycles. The van der Waals surface area contributed by atoms with E-state index in [2.05, 4.69) is 11.9 Å². The quantitative estimate of drug-likeness (QED) is 0.0692. The Bertz CT molecular complexity index is 510. The Balaban J connectivity index is 3.72. The van der Waals surface area contributed by atoms with Crippen LogP contribution in [-0.2, 0) is 14.3 Å². The molecule has 8 nitrogen and oxygen atoms in total. The number of aliphatic carboxylic acids is 1. The monoisotopic (exact) mass is 442 g/mol. The molecule has 0 unspecified atom stereocenters. The molecule has 8 heteroatoms. The number of carbonyl (C=O) groups is 2. The summed E-state index contributed by atoms with van der Waals surface area (Å²) in [6, 6.07) is 0. The number of hydrogen-bond donors (Lipinski definition) is 4. The van der Waals surface area contributed by atoms with Gasteiger partial charge in [-0.2, -0.15) is 0 Å². The third-order valence-corrected chi connectivity index (χ3v) is 5.50. The predicted molar refractivity (Wildman–Crippen MR) is 126 cm³/mol. The van der Waals surface area contributed by atoms with Crippen molar-refractivity contribution in [2.45, 2.75) is 115 Å². The molecule has 0 saturated carbocycles. The number of unbranched alkanes of at least 4 members (excludes halogenated alkanes) is 13. The minimum absolute atomic E-state index is 0.0849. The van der Waals surface area contributed by atoms with Gasteiger partial charge in [-0.05, 0) is 19.3 Å². The topological polar surface area (TPSA) is 154 Å². The van der Waals surface area contributed by atoms with Crippen molar-refractivity contribution < 1.29 is 19.4 Å². The van der Waals surface area contributed by atoms with Crippen LogP contribution in [0.3, 0.4) is 0 Å². The summed E-state index contributed by atoms with van der Waals surface area (Å²) in [4.78, 5) is 27.4. The van der Waals surface area contributed by atoms with Crippen LogP contribution in [0.25, 0.3) is 0 Å². The van der Waals surface area contributed by atoms with Crippen LogP contribution in [-0.4, -0.2) is 41.7 Å². The highest BCUT2D eigenvalue weighted by molar-refractivity contribution is 6.03. The number of aliphatic imine (C=N–C) groups is 1. The largest absolute Gasteiger partial charge is 0.479 e. The summed E-state index contributed by atoms with van der Waals surface area (Å²) in [6.07, 6.45) is 17.5.